The molecule has 14 heteroatoms. The molecule has 0 amide bonds. The first-order chi connectivity index (χ1) is 19.7. The third kappa shape index (κ3) is 7.16. The smallest absolute Gasteiger partial charge is 0.410 e. The van der Waals surface area contributed by atoms with Crippen LogP contribution >= 0.6 is 23.9 Å². The van der Waals surface area contributed by atoms with Crippen LogP contribution in [0.2, 0.25) is 0 Å². The summed E-state index contributed by atoms with van der Waals surface area (Å²) in [4.78, 5) is 19.6. The van der Waals surface area contributed by atoms with Crippen LogP contribution in [-0.2, 0) is 4.74 Å². The molecule has 4 aromatic rings. The summed E-state index contributed by atoms with van der Waals surface area (Å²) in [5.74, 6) is 1.12. The summed E-state index contributed by atoms with van der Waals surface area (Å²) in [5.41, 5.74) is 2.88. The Bertz CT molecular complexity index is 1530. The molecular formula is C27H29BrF2N7O3P. The van der Waals surface area contributed by atoms with E-state index in [9.17, 15) is 8.78 Å². The zero-order valence-corrected chi connectivity index (χ0v) is 25.2. The number of anilines is 4. The molecule has 41 heavy (non-hydrogen) atoms. The van der Waals surface area contributed by atoms with Gasteiger partial charge in [0, 0.05) is 48.7 Å². The van der Waals surface area contributed by atoms with Gasteiger partial charge in [-0.2, -0.15) is 13.8 Å². The van der Waals surface area contributed by atoms with E-state index >= 15 is 0 Å². The normalized spacial score (nSPS) is 14.3. The molecule has 0 bridgehead atoms. The van der Waals surface area contributed by atoms with Crippen molar-refractivity contribution in [1.82, 2.24) is 24.8 Å². The van der Waals surface area contributed by atoms with Crippen molar-refractivity contribution in [3.8, 4) is 11.5 Å². The number of rotatable bonds is 10. The molecule has 1 aliphatic rings. The Morgan fingerprint density at radius 2 is 1.83 bits per heavy atom. The Labute approximate surface area is 245 Å². The topological polar surface area (TPSA) is 107 Å². The van der Waals surface area contributed by atoms with Crippen molar-refractivity contribution in [3.63, 3.8) is 0 Å². The Morgan fingerprint density at radius 3 is 2.59 bits per heavy atom. The lowest BCUT2D eigenvalue weighted by Gasteiger charge is -2.30. The molecule has 0 spiro atoms. The van der Waals surface area contributed by atoms with Crippen molar-refractivity contribution in [2.45, 2.75) is 6.11 Å². The summed E-state index contributed by atoms with van der Waals surface area (Å²) >= 11 is 3.52. The van der Waals surface area contributed by atoms with E-state index in [1.54, 1.807) is 29.6 Å². The van der Waals surface area contributed by atoms with Crippen LogP contribution in [-0.4, -0.2) is 84.2 Å². The number of fused-ring (bicyclic) bond motifs is 1. The van der Waals surface area contributed by atoms with E-state index in [1.807, 2.05) is 12.1 Å². The number of nitrogens with zero attached hydrogens (tertiary/aromatic N) is 5. The molecule has 2 aromatic carbocycles. The molecule has 2 aromatic heterocycles. The van der Waals surface area contributed by atoms with E-state index in [4.69, 9.17) is 14.2 Å². The van der Waals surface area contributed by atoms with E-state index in [0.717, 1.165) is 22.0 Å². The highest BCUT2D eigenvalue weighted by Gasteiger charge is 2.35. The number of aromatic nitrogens is 4. The zero-order chi connectivity index (χ0) is 29.0. The van der Waals surface area contributed by atoms with Crippen LogP contribution in [0.4, 0.5) is 31.9 Å². The lowest BCUT2D eigenvalue weighted by atomic mass is 10.2. The van der Waals surface area contributed by atoms with Gasteiger partial charge in [-0.3, -0.25) is 14.9 Å². The van der Waals surface area contributed by atoms with Crippen LogP contribution in [0.5, 0.6) is 11.5 Å². The zero-order valence-electron chi connectivity index (χ0n) is 22.7. The number of methoxy groups -OCH3 is 1. The molecule has 3 heterocycles. The lowest BCUT2D eigenvalue weighted by molar-refractivity contribution is -0.193. The van der Waals surface area contributed by atoms with Crippen molar-refractivity contribution < 1.29 is 23.0 Å². The van der Waals surface area contributed by atoms with E-state index < -0.39 is 20.6 Å². The van der Waals surface area contributed by atoms with Gasteiger partial charge in [-0.1, -0.05) is 7.92 Å². The number of morpholine rings is 1. The minimum atomic E-state index is -3.39. The Kier molecular flexibility index (Phi) is 9.08. The molecule has 1 fully saturated rings. The highest BCUT2D eigenvalue weighted by molar-refractivity contribution is 9.10. The van der Waals surface area contributed by atoms with Gasteiger partial charge in [0.1, 0.15) is 23.9 Å². The van der Waals surface area contributed by atoms with Gasteiger partial charge in [-0.25, -0.2) is 4.98 Å². The third-order valence-corrected chi connectivity index (χ3v) is 8.18. The molecule has 0 aliphatic carbocycles. The Balaban J connectivity index is 1.38. The summed E-state index contributed by atoms with van der Waals surface area (Å²) < 4.78 is 45.9. The lowest BCUT2D eigenvalue weighted by Crippen LogP contribution is -2.45. The van der Waals surface area contributed by atoms with E-state index in [0.29, 0.717) is 48.0 Å². The first kappa shape index (κ1) is 29.2. The van der Waals surface area contributed by atoms with Gasteiger partial charge < -0.3 is 24.8 Å². The van der Waals surface area contributed by atoms with Gasteiger partial charge >= 0.3 is 6.11 Å². The summed E-state index contributed by atoms with van der Waals surface area (Å²) in [6.45, 7) is 5.47. The van der Waals surface area contributed by atoms with E-state index in [-0.39, 0.29) is 11.7 Å². The molecule has 0 saturated carbocycles. The number of halogens is 3. The fourth-order valence-electron chi connectivity index (χ4n) is 4.41. The first-order valence-electron chi connectivity index (χ1n) is 12.7. The molecule has 1 aliphatic heterocycles. The quantitative estimate of drug-likeness (QED) is 0.219. The van der Waals surface area contributed by atoms with Gasteiger partial charge in [0.15, 0.2) is 0 Å². The third-order valence-electron chi connectivity index (χ3n) is 6.25. The molecule has 10 nitrogen and oxygen atoms in total. The van der Waals surface area contributed by atoms with Gasteiger partial charge in [0.25, 0.3) is 0 Å². The van der Waals surface area contributed by atoms with E-state index in [1.165, 1.54) is 19.2 Å². The van der Waals surface area contributed by atoms with Crippen molar-refractivity contribution in [2.24, 2.45) is 0 Å². The minimum Gasteiger partial charge on any atom is -0.495 e. The van der Waals surface area contributed by atoms with Crippen LogP contribution in [0.1, 0.15) is 0 Å². The minimum absolute atomic E-state index is 0.0248. The fourth-order valence-corrected chi connectivity index (χ4v) is 5.91. The van der Waals surface area contributed by atoms with Crippen molar-refractivity contribution in [3.05, 3.63) is 53.4 Å². The highest BCUT2D eigenvalue weighted by Crippen LogP contribution is 2.36. The van der Waals surface area contributed by atoms with Crippen molar-refractivity contribution in [1.29, 1.82) is 0 Å². The predicted molar refractivity (Wildman–Crippen MR) is 160 cm³/mol. The first-order valence-corrected chi connectivity index (χ1v) is 15.8. The largest absolute Gasteiger partial charge is 0.495 e. The maximum absolute atomic E-state index is 14.7. The SMILES string of the molecule is COc1ccc(OC(F)(F)CN2CCOCC2)cc1Nc1ncc(Br)c(Nc2ccc3nccnc3c2P(C)C)n1. The molecular weight excluding hydrogens is 619 g/mol. The maximum atomic E-state index is 14.7. The maximum Gasteiger partial charge on any atom is 0.410 e. The molecule has 216 valence electrons. The number of ether oxygens (including phenoxy) is 3. The van der Waals surface area contributed by atoms with Gasteiger partial charge in [-0.15, -0.1) is 0 Å². The second-order valence-corrected chi connectivity index (χ2v) is 12.5. The number of hydrogen-bond donors (Lipinski definition) is 2. The van der Waals surface area contributed by atoms with Gasteiger partial charge in [0.2, 0.25) is 5.95 Å². The van der Waals surface area contributed by atoms with Crippen molar-refractivity contribution in [2.75, 3.05) is 63.9 Å². The Hall–Kier alpha value is -3.25. The summed E-state index contributed by atoms with van der Waals surface area (Å²) in [6.07, 6.45) is 1.56. The van der Waals surface area contributed by atoms with Crippen LogP contribution < -0.4 is 25.4 Å². The molecule has 0 atom stereocenters. The van der Waals surface area contributed by atoms with Crippen LogP contribution in [0.15, 0.2) is 53.4 Å². The monoisotopic (exact) mass is 647 g/mol. The molecule has 0 unspecified atom stereocenters. The fraction of sp³-hybridized carbons (Fsp3) is 0.333. The number of hydrogen-bond acceptors (Lipinski definition) is 10. The highest BCUT2D eigenvalue weighted by atomic mass is 79.9. The number of alkyl halides is 2. The van der Waals surface area contributed by atoms with Gasteiger partial charge in [-0.05, 0) is 53.5 Å². The average molecular weight is 648 g/mol. The molecule has 2 N–H and O–H groups in total. The second kappa shape index (κ2) is 12.7. The average Bonchev–Trinajstić information content (AvgIpc) is 2.94. The van der Waals surface area contributed by atoms with E-state index in [2.05, 4.69) is 59.8 Å². The predicted octanol–water partition coefficient (Wildman–Crippen LogP) is 5.35. The molecule has 1 saturated heterocycles. The second-order valence-electron chi connectivity index (χ2n) is 9.41. The van der Waals surface area contributed by atoms with Crippen LogP contribution in [0, 0.1) is 0 Å². The number of benzene rings is 2. The van der Waals surface area contributed by atoms with Gasteiger partial charge in [0.05, 0.1) is 41.5 Å². The molecule has 0 radical (unpaired) electrons. The number of nitrogens with one attached hydrogen (secondary N) is 2. The van der Waals surface area contributed by atoms with Crippen molar-refractivity contribution >= 4 is 63.3 Å². The van der Waals surface area contributed by atoms with Crippen LogP contribution in [0.25, 0.3) is 11.0 Å². The molecule has 5 rings (SSSR count). The summed E-state index contributed by atoms with van der Waals surface area (Å²) in [5, 5.41) is 7.53. The summed E-state index contributed by atoms with van der Waals surface area (Å²) in [7, 11) is 0.950. The Morgan fingerprint density at radius 1 is 1.05 bits per heavy atom. The summed E-state index contributed by atoms with van der Waals surface area (Å²) in [6, 6.07) is 8.29. The van der Waals surface area contributed by atoms with Crippen LogP contribution in [0.3, 0.4) is 0 Å². The standard InChI is InChI=1S/C27H29BrF2N7O3P/c1-38-22-7-4-17(40-27(29,30)16-37-10-12-39-13-11-37)14-21(22)35-26-33-15-18(28)25(36-26)34-20-6-5-19-23(24(20)41(2)3)32-9-8-31-19/h4-9,14-15H,10-13,16H2,1-3H3,(H2,33,34,35,36).